The minimum absolute atomic E-state index is 0.0152. The smallest absolute Gasteiger partial charge is 0.326 e. The van der Waals surface area contributed by atoms with E-state index in [2.05, 4.69) is 5.32 Å². The van der Waals surface area contributed by atoms with E-state index in [1.165, 1.54) is 0 Å². The van der Waals surface area contributed by atoms with E-state index >= 15 is 0 Å². The van der Waals surface area contributed by atoms with E-state index in [-0.39, 0.29) is 12.8 Å². The molecule has 0 saturated carbocycles. The number of nitrogens with two attached hydrogens (primary N) is 1. The van der Waals surface area contributed by atoms with Crippen LogP contribution >= 0.6 is 23.2 Å². The van der Waals surface area contributed by atoms with Gasteiger partial charge in [0.15, 0.2) is 0 Å². The molecular formula is C15H21Cl2N3O3. The number of carboxylic acid groups (broad SMARTS) is 1. The van der Waals surface area contributed by atoms with Gasteiger partial charge in [-0.05, 0) is 30.7 Å². The third-order valence-corrected chi connectivity index (χ3v) is 3.60. The second-order valence-corrected chi connectivity index (χ2v) is 5.71. The summed E-state index contributed by atoms with van der Waals surface area (Å²) < 4.78 is 0. The van der Waals surface area contributed by atoms with Gasteiger partial charge in [-0.2, -0.15) is 0 Å². The molecule has 1 amide bonds. The topological polar surface area (TPSA) is 95.7 Å². The van der Waals surface area contributed by atoms with E-state index in [0.29, 0.717) is 30.5 Å². The van der Waals surface area contributed by atoms with Crippen molar-refractivity contribution in [3.05, 3.63) is 24.3 Å². The summed E-state index contributed by atoms with van der Waals surface area (Å²) in [6, 6.07) is 6.44. The number of amides is 1. The summed E-state index contributed by atoms with van der Waals surface area (Å²) in [6.07, 6.45) is 0.151. The van der Waals surface area contributed by atoms with Gasteiger partial charge in [-0.25, -0.2) is 4.79 Å². The van der Waals surface area contributed by atoms with Crippen LogP contribution in [0.25, 0.3) is 0 Å². The van der Waals surface area contributed by atoms with Crippen LogP contribution in [0.15, 0.2) is 24.3 Å². The number of nitrogens with one attached hydrogen (secondary N) is 1. The Balaban J connectivity index is 2.73. The molecule has 1 aromatic rings. The van der Waals surface area contributed by atoms with Gasteiger partial charge in [0.05, 0.1) is 0 Å². The molecule has 0 aliphatic rings. The van der Waals surface area contributed by atoms with Crippen LogP contribution in [-0.4, -0.2) is 47.9 Å². The second-order valence-electron chi connectivity index (χ2n) is 4.95. The maximum atomic E-state index is 11.2. The number of aliphatic carboxylic acids is 1. The number of hydrogen-bond acceptors (Lipinski definition) is 4. The van der Waals surface area contributed by atoms with Crippen molar-refractivity contribution in [1.82, 2.24) is 0 Å². The predicted octanol–water partition coefficient (Wildman–Crippen LogP) is 2.10. The van der Waals surface area contributed by atoms with Crippen LogP contribution < -0.4 is 16.0 Å². The fourth-order valence-corrected chi connectivity index (χ4v) is 2.50. The lowest BCUT2D eigenvalue weighted by Crippen LogP contribution is -2.31. The Kier molecular flexibility index (Phi) is 8.58. The molecule has 0 saturated heterocycles. The van der Waals surface area contributed by atoms with Gasteiger partial charge in [0.25, 0.3) is 0 Å². The molecule has 1 unspecified atom stereocenters. The summed E-state index contributed by atoms with van der Waals surface area (Å²) in [5.74, 6) is -0.566. The van der Waals surface area contributed by atoms with Crippen molar-refractivity contribution in [2.24, 2.45) is 5.73 Å². The van der Waals surface area contributed by atoms with E-state index in [1.807, 2.05) is 17.0 Å². The minimum Gasteiger partial charge on any atom is -0.480 e. The summed E-state index contributed by atoms with van der Waals surface area (Å²) in [7, 11) is 0. The number of nitrogens with zero attached hydrogens (tertiary/aromatic N) is 1. The fourth-order valence-electron chi connectivity index (χ4n) is 2.09. The number of carboxylic acids is 1. The average Bonchev–Trinajstić information content (AvgIpc) is 2.51. The summed E-state index contributed by atoms with van der Waals surface area (Å²) in [5.41, 5.74) is 6.67. The Labute approximate surface area is 145 Å². The SMILES string of the molecule is NC(=O)CCC(Nc1ccc(N(CCCl)CCCl)cc1)C(=O)O. The standard InChI is InChI=1S/C15H21Cl2N3O3/c16-7-9-20(10-8-17)12-3-1-11(2-4-12)19-13(15(22)23)5-6-14(18)21/h1-4,13,19H,5-10H2,(H2,18,21)(H,22,23). The highest BCUT2D eigenvalue weighted by Gasteiger charge is 2.18. The molecule has 0 aromatic heterocycles. The predicted molar refractivity (Wildman–Crippen MR) is 93.6 cm³/mol. The maximum Gasteiger partial charge on any atom is 0.326 e. The Morgan fingerprint density at radius 1 is 1.17 bits per heavy atom. The maximum absolute atomic E-state index is 11.2. The number of rotatable bonds is 11. The summed E-state index contributed by atoms with van der Waals surface area (Å²) >= 11 is 11.6. The molecule has 0 fully saturated rings. The molecular weight excluding hydrogens is 341 g/mol. The van der Waals surface area contributed by atoms with Gasteiger partial charge >= 0.3 is 5.97 Å². The van der Waals surface area contributed by atoms with Gasteiger partial charge < -0.3 is 21.1 Å². The van der Waals surface area contributed by atoms with Crippen LogP contribution in [0.4, 0.5) is 11.4 Å². The van der Waals surface area contributed by atoms with Gasteiger partial charge in [0.1, 0.15) is 6.04 Å². The van der Waals surface area contributed by atoms with Crippen LogP contribution in [0, 0.1) is 0 Å². The molecule has 128 valence electrons. The number of alkyl halides is 2. The molecule has 6 nitrogen and oxygen atoms in total. The Morgan fingerprint density at radius 3 is 2.17 bits per heavy atom. The van der Waals surface area contributed by atoms with Crippen LogP contribution in [-0.2, 0) is 9.59 Å². The molecule has 0 spiro atoms. The number of carbonyl (C=O) groups excluding carboxylic acids is 1. The van der Waals surface area contributed by atoms with Gasteiger partial charge in [0, 0.05) is 42.6 Å². The van der Waals surface area contributed by atoms with Crippen LogP contribution in [0.2, 0.25) is 0 Å². The number of primary amides is 1. The van der Waals surface area contributed by atoms with Gasteiger partial charge in [-0.1, -0.05) is 0 Å². The molecule has 0 radical (unpaired) electrons. The molecule has 4 N–H and O–H groups in total. The Morgan fingerprint density at radius 2 is 1.74 bits per heavy atom. The first kappa shape index (κ1) is 19.4. The lowest BCUT2D eigenvalue weighted by atomic mass is 10.1. The van der Waals surface area contributed by atoms with E-state index in [9.17, 15) is 14.7 Å². The van der Waals surface area contributed by atoms with Gasteiger partial charge in [-0.15, -0.1) is 23.2 Å². The van der Waals surface area contributed by atoms with Crippen molar-refractivity contribution < 1.29 is 14.7 Å². The third-order valence-electron chi connectivity index (χ3n) is 3.26. The Hall–Kier alpha value is -1.66. The summed E-state index contributed by atoms with van der Waals surface area (Å²) in [4.78, 5) is 24.1. The molecule has 8 heteroatoms. The van der Waals surface area contributed by atoms with E-state index in [4.69, 9.17) is 28.9 Å². The molecule has 0 bridgehead atoms. The molecule has 0 aliphatic carbocycles. The number of halogens is 2. The first-order valence-electron chi connectivity index (χ1n) is 7.22. The Bertz CT molecular complexity index is 505. The normalized spacial score (nSPS) is 11.7. The number of hydrogen-bond donors (Lipinski definition) is 3. The summed E-state index contributed by atoms with van der Waals surface area (Å²) in [6.45, 7) is 1.36. The van der Waals surface area contributed by atoms with Crippen molar-refractivity contribution >= 4 is 46.5 Å². The molecule has 1 rings (SSSR count). The third kappa shape index (κ3) is 6.97. The van der Waals surface area contributed by atoms with Crippen LogP contribution in [0.1, 0.15) is 12.8 Å². The van der Waals surface area contributed by atoms with Gasteiger partial charge in [-0.3, -0.25) is 4.79 Å². The number of benzene rings is 1. The number of anilines is 2. The fraction of sp³-hybridized carbons (Fsp3) is 0.467. The summed E-state index contributed by atoms with van der Waals surface area (Å²) in [5, 5.41) is 12.1. The van der Waals surface area contributed by atoms with Crippen molar-refractivity contribution in [2.45, 2.75) is 18.9 Å². The highest BCUT2D eigenvalue weighted by molar-refractivity contribution is 6.18. The first-order valence-corrected chi connectivity index (χ1v) is 8.29. The van der Waals surface area contributed by atoms with Crippen LogP contribution in [0.5, 0.6) is 0 Å². The lowest BCUT2D eigenvalue weighted by molar-refractivity contribution is -0.138. The molecule has 1 atom stereocenters. The van der Waals surface area contributed by atoms with E-state index in [1.54, 1.807) is 12.1 Å². The highest BCUT2D eigenvalue weighted by atomic mass is 35.5. The second kappa shape index (κ2) is 10.2. The monoisotopic (exact) mass is 361 g/mol. The average molecular weight is 362 g/mol. The van der Waals surface area contributed by atoms with E-state index in [0.717, 1.165) is 5.69 Å². The highest BCUT2D eigenvalue weighted by Crippen LogP contribution is 2.19. The van der Waals surface area contributed by atoms with Crippen molar-refractivity contribution in [3.8, 4) is 0 Å². The minimum atomic E-state index is -1.03. The quantitative estimate of drug-likeness (QED) is 0.524. The number of carbonyl (C=O) groups is 2. The lowest BCUT2D eigenvalue weighted by Gasteiger charge is -2.23. The zero-order chi connectivity index (χ0) is 17.2. The zero-order valence-electron chi connectivity index (χ0n) is 12.7. The van der Waals surface area contributed by atoms with Crippen molar-refractivity contribution in [2.75, 3.05) is 35.1 Å². The van der Waals surface area contributed by atoms with Crippen molar-refractivity contribution in [3.63, 3.8) is 0 Å². The molecule has 0 aliphatic heterocycles. The molecule has 0 heterocycles. The van der Waals surface area contributed by atoms with E-state index < -0.39 is 17.9 Å². The largest absolute Gasteiger partial charge is 0.480 e. The zero-order valence-corrected chi connectivity index (χ0v) is 14.2. The van der Waals surface area contributed by atoms with Crippen LogP contribution in [0.3, 0.4) is 0 Å². The van der Waals surface area contributed by atoms with Crippen molar-refractivity contribution in [1.29, 1.82) is 0 Å². The molecule has 1 aromatic carbocycles. The first-order chi connectivity index (χ1) is 11.0. The molecule has 23 heavy (non-hydrogen) atoms. The van der Waals surface area contributed by atoms with Gasteiger partial charge in [0.2, 0.25) is 5.91 Å².